The monoisotopic (exact) mass is 342 g/mol. The van der Waals surface area contributed by atoms with E-state index < -0.39 is 0 Å². The van der Waals surface area contributed by atoms with Crippen molar-refractivity contribution in [1.29, 1.82) is 0 Å². The molecule has 0 spiro atoms. The van der Waals surface area contributed by atoms with Crippen LogP contribution in [0.25, 0.3) is 11.3 Å². The summed E-state index contributed by atoms with van der Waals surface area (Å²) in [5, 5.41) is 8.13. The van der Waals surface area contributed by atoms with Gasteiger partial charge in [-0.25, -0.2) is 4.98 Å². The number of anilines is 1. The first-order valence-corrected chi connectivity index (χ1v) is 9.31. The van der Waals surface area contributed by atoms with Gasteiger partial charge in [0.05, 0.1) is 10.7 Å². The molecule has 0 radical (unpaired) electrons. The summed E-state index contributed by atoms with van der Waals surface area (Å²) < 4.78 is 0. The maximum Gasteiger partial charge on any atom is 0.224 e. The zero-order chi connectivity index (χ0) is 16.1. The summed E-state index contributed by atoms with van der Waals surface area (Å²) >= 11 is 3.37. The maximum absolute atomic E-state index is 12.1. The fourth-order valence-corrected chi connectivity index (χ4v) is 3.73. The molecule has 23 heavy (non-hydrogen) atoms. The molecule has 0 aliphatic carbocycles. The molecule has 118 valence electrons. The molecule has 0 atom stereocenters. The van der Waals surface area contributed by atoms with Gasteiger partial charge in [0.2, 0.25) is 5.91 Å². The van der Waals surface area contributed by atoms with Gasteiger partial charge in [-0.1, -0.05) is 18.2 Å². The highest BCUT2D eigenvalue weighted by molar-refractivity contribution is 7.10. The van der Waals surface area contributed by atoms with E-state index in [-0.39, 0.29) is 5.91 Å². The Morgan fingerprint density at radius 2 is 2.13 bits per heavy atom. The van der Waals surface area contributed by atoms with Gasteiger partial charge in [-0.15, -0.1) is 22.7 Å². The van der Waals surface area contributed by atoms with Crippen molar-refractivity contribution >= 4 is 34.3 Å². The molecule has 0 aliphatic heterocycles. The third kappa shape index (κ3) is 4.50. The van der Waals surface area contributed by atoms with E-state index in [1.54, 1.807) is 22.7 Å². The number of nitrogens with zero attached hydrogens (tertiary/aromatic N) is 1. The van der Waals surface area contributed by atoms with Crippen molar-refractivity contribution in [1.82, 2.24) is 4.98 Å². The standard InChI is InChI=1S/C18H18N2OS2/c1-13-19-17(12-23-13)14-5-2-6-15(11-14)20-18(21)9-3-7-16-8-4-10-22-16/h2,4-6,8,10-12H,3,7,9H2,1H3,(H,20,21). The van der Waals surface area contributed by atoms with Crippen molar-refractivity contribution in [3.8, 4) is 11.3 Å². The smallest absolute Gasteiger partial charge is 0.224 e. The number of rotatable bonds is 6. The van der Waals surface area contributed by atoms with Gasteiger partial charge in [-0.2, -0.15) is 0 Å². The number of aromatic nitrogens is 1. The SMILES string of the molecule is Cc1nc(-c2cccc(NC(=O)CCCc3cccs3)c2)cs1. The molecule has 3 nitrogen and oxygen atoms in total. The predicted molar refractivity (Wildman–Crippen MR) is 98.2 cm³/mol. The first kappa shape index (κ1) is 15.9. The lowest BCUT2D eigenvalue weighted by atomic mass is 10.1. The molecule has 5 heteroatoms. The summed E-state index contributed by atoms with van der Waals surface area (Å²) in [4.78, 5) is 17.9. The number of thiophene rings is 1. The molecule has 2 aromatic heterocycles. The number of thiazole rings is 1. The topological polar surface area (TPSA) is 42.0 Å². The number of carbonyl (C=O) groups is 1. The molecule has 3 aromatic rings. The van der Waals surface area contributed by atoms with Gasteiger partial charge < -0.3 is 5.32 Å². The molecular formula is C18H18N2OS2. The molecule has 0 unspecified atom stereocenters. The Bertz CT molecular complexity index is 778. The fourth-order valence-electron chi connectivity index (χ4n) is 2.35. The molecule has 0 bridgehead atoms. The van der Waals surface area contributed by atoms with E-state index in [0.29, 0.717) is 6.42 Å². The van der Waals surface area contributed by atoms with Crippen molar-refractivity contribution in [2.75, 3.05) is 5.32 Å². The lowest BCUT2D eigenvalue weighted by Crippen LogP contribution is -2.11. The molecule has 0 saturated carbocycles. The molecule has 0 aliphatic rings. The van der Waals surface area contributed by atoms with E-state index in [1.165, 1.54) is 4.88 Å². The summed E-state index contributed by atoms with van der Waals surface area (Å²) in [5.41, 5.74) is 2.82. The van der Waals surface area contributed by atoms with Crippen LogP contribution in [0.5, 0.6) is 0 Å². The third-order valence-corrected chi connectivity index (χ3v) is 5.18. The van der Waals surface area contributed by atoms with Crippen molar-refractivity contribution in [3.63, 3.8) is 0 Å². The van der Waals surface area contributed by atoms with Crippen LogP contribution in [-0.2, 0) is 11.2 Å². The van der Waals surface area contributed by atoms with Crippen molar-refractivity contribution in [3.05, 3.63) is 57.0 Å². The highest BCUT2D eigenvalue weighted by Gasteiger charge is 2.06. The molecule has 1 N–H and O–H groups in total. The van der Waals surface area contributed by atoms with Gasteiger partial charge in [0.25, 0.3) is 0 Å². The Morgan fingerprint density at radius 1 is 1.22 bits per heavy atom. The van der Waals surface area contributed by atoms with Crippen LogP contribution in [0.4, 0.5) is 5.69 Å². The molecular weight excluding hydrogens is 324 g/mol. The van der Waals surface area contributed by atoms with Crippen LogP contribution in [0.3, 0.4) is 0 Å². The Balaban J connectivity index is 1.56. The summed E-state index contributed by atoms with van der Waals surface area (Å²) in [7, 11) is 0. The number of nitrogens with one attached hydrogen (secondary N) is 1. The van der Waals surface area contributed by atoms with Gasteiger partial charge in [-0.05, 0) is 43.3 Å². The molecule has 1 aromatic carbocycles. The van der Waals surface area contributed by atoms with Crippen LogP contribution in [0.1, 0.15) is 22.7 Å². The van der Waals surface area contributed by atoms with Gasteiger partial charge in [0.15, 0.2) is 0 Å². The highest BCUT2D eigenvalue weighted by atomic mass is 32.1. The first-order valence-electron chi connectivity index (χ1n) is 7.55. The lowest BCUT2D eigenvalue weighted by Gasteiger charge is -2.06. The van der Waals surface area contributed by atoms with E-state index >= 15 is 0 Å². The Morgan fingerprint density at radius 3 is 2.87 bits per heavy atom. The fraction of sp³-hybridized carbons (Fsp3) is 0.222. The summed E-state index contributed by atoms with van der Waals surface area (Å²) in [6, 6.07) is 12.0. The van der Waals surface area contributed by atoms with Gasteiger partial charge >= 0.3 is 0 Å². The van der Waals surface area contributed by atoms with E-state index in [9.17, 15) is 4.79 Å². The predicted octanol–water partition coefficient (Wildman–Crippen LogP) is 5.14. The number of benzene rings is 1. The number of carbonyl (C=O) groups excluding carboxylic acids is 1. The summed E-state index contributed by atoms with van der Waals surface area (Å²) in [6.45, 7) is 1.99. The van der Waals surface area contributed by atoms with Gasteiger partial charge in [0, 0.05) is 27.9 Å². The second-order valence-corrected chi connectivity index (χ2v) is 7.41. The minimum atomic E-state index is 0.0631. The van der Waals surface area contributed by atoms with Gasteiger partial charge in [-0.3, -0.25) is 4.79 Å². The Kier molecular flexibility index (Phi) is 5.20. The normalized spacial score (nSPS) is 10.7. The summed E-state index contributed by atoms with van der Waals surface area (Å²) in [6.07, 6.45) is 2.37. The minimum absolute atomic E-state index is 0.0631. The quantitative estimate of drug-likeness (QED) is 0.674. The van der Waals surface area contributed by atoms with Crippen LogP contribution < -0.4 is 5.32 Å². The zero-order valence-electron chi connectivity index (χ0n) is 12.9. The van der Waals surface area contributed by atoms with E-state index in [0.717, 1.165) is 34.8 Å². The first-order chi connectivity index (χ1) is 11.2. The largest absolute Gasteiger partial charge is 0.326 e. The number of hydrogen-bond donors (Lipinski definition) is 1. The van der Waals surface area contributed by atoms with Crippen LogP contribution in [-0.4, -0.2) is 10.9 Å². The third-order valence-electron chi connectivity index (χ3n) is 3.47. The Labute approximate surface area is 144 Å². The van der Waals surface area contributed by atoms with E-state index in [1.807, 2.05) is 42.6 Å². The molecule has 1 amide bonds. The average Bonchev–Trinajstić information content (AvgIpc) is 3.19. The highest BCUT2D eigenvalue weighted by Crippen LogP contribution is 2.24. The van der Waals surface area contributed by atoms with Crippen LogP contribution >= 0.6 is 22.7 Å². The zero-order valence-corrected chi connectivity index (χ0v) is 14.5. The second-order valence-electron chi connectivity index (χ2n) is 5.31. The number of amides is 1. The number of hydrogen-bond acceptors (Lipinski definition) is 4. The van der Waals surface area contributed by atoms with E-state index in [4.69, 9.17) is 0 Å². The Hall–Kier alpha value is -1.98. The van der Waals surface area contributed by atoms with Crippen molar-refractivity contribution in [2.45, 2.75) is 26.2 Å². The molecule has 3 rings (SSSR count). The molecule has 2 heterocycles. The van der Waals surface area contributed by atoms with Crippen molar-refractivity contribution in [2.24, 2.45) is 0 Å². The maximum atomic E-state index is 12.1. The average molecular weight is 342 g/mol. The second kappa shape index (κ2) is 7.53. The molecule has 0 saturated heterocycles. The van der Waals surface area contributed by atoms with Crippen molar-refractivity contribution < 1.29 is 4.79 Å². The van der Waals surface area contributed by atoms with Crippen LogP contribution in [0, 0.1) is 6.92 Å². The van der Waals surface area contributed by atoms with Crippen LogP contribution in [0.2, 0.25) is 0 Å². The summed E-state index contributed by atoms with van der Waals surface area (Å²) in [5.74, 6) is 0.0631. The molecule has 0 fully saturated rings. The van der Waals surface area contributed by atoms with Gasteiger partial charge in [0.1, 0.15) is 0 Å². The van der Waals surface area contributed by atoms with E-state index in [2.05, 4.69) is 21.7 Å². The number of aryl methyl sites for hydroxylation is 2. The lowest BCUT2D eigenvalue weighted by molar-refractivity contribution is -0.116. The minimum Gasteiger partial charge on any atom is -0.326 e. The van der Waals surface area contributed by atoms with Crippen LogP contribution in [0.15, 0.2) is 47.2 Å².